The molecule has 5 heteroatoms. The van der Waals surface area contributed by atoms with Gasteiger partial charge in [-0.3, -0.25) is 4.99 Å². The summed E-state index contributed by atoms with van der Waals surface area (Å²) in [6.45, 7) is 25.2. The van der Waals surface area contributed by atoms with Gasteiger partial charge in [0.25, 0.3) is 0 Å². The van der Waals surface area contributed by atoms with E-state index in [1.165, 1.54) is 0 Å². The quantitative estimate of drug-likeness (QED) is 0.161. The Morgan fingerprint density at radius 1 is 1.23 bits per heavy atom. The van der Waals surface area contributed by atoms with Gasteiger partial charge in [-0.1, -0.05) is 83.4 Å². The van der Waals surface area contributed by atoms with Crippen molar-refractivity contribution in [3.05, 3.63) is 90.3 Å². The van der Waals surface area contributed by atoms with Crippen molar-refractivity contribution < 1.29 is 0 Å². The highest BCUT2D eigenvalue weighted by Crippen LogP contribution is 2.29. The van der Waals surface area contributed by atoms with E-state index in [-0.39, 0.29) is 0 Å². The van der Waals surface area contributed by atoms with E-state index in [1.807, 2.05) is 25.3 Å². The highest BCUT2D eigenvalue weighted by molar-refractivity contribution is 6.11. The van der Waals surface area contributed by atoms with Gasteiger partial charge in [0.05, 0.1) is 11.7 Å². The second-order valence-corrected chi connectivity index (χ2v) is 10.8. The first-order valence-electron chi connectivity index (χ1n) is 14.3. The Morgan fingerprint density at radius 3 is 2.62 bits per heavy atom. The van der Waals surface area contributed by atoms with E-state index in [9.17, 15) is 0 Å². The average molecular weight is 526 g/mol. The molecule has 1 fully saturated rings. The molecule has 2 heterocycles. The van der Waals surface area contributed by atoms with E-state index in [0.717, 1.165) is 77.5 Å². The van der Waals surface area contributed by atoms with Crippen LogP contribution in [0.3, 0.4) is 0 Å². The monoisotopic (exact) mass is 525 g/mol. The Bertz CT molecular complexity index is 1190. The van der Waals surface area contributed by atoms with E-state index in [0.29, 0.717) is 23.9 Å². The minimum Gasteiger partial charge on any atom is -0.382 e. The normalized spacial score (nSPS) is 21.7. The van der Waals surface area contributed by atoms with Gasteiger partial charge in [0.15, 0.2) is 0 Å². The molecule has 5 nitrogen and oxygen atoms in total. The molecule has 1 aromatic rings. The van der Waals surface area contributed by atoms with E-state index in [1.54, 1.807) is 0 Å². The van der Waals surface area contributed by atoms with Gasteiger partial charge in [-0.05, 0) is 86.0 Å². The average Bonchev–Trinajstić information content (AvgIpc) is 2.93. The van der Waals surface area contributed by atoms with Gasteiger partial charge in [0.1, 0.15) is 5.84 Å². The minimum atomic E-state index is 0.304. The van der Waals surface area contributed by atoms with Crippen LogP contribution in [0.2, 0.25) is 0 Å². The van der Waals surface area contributed by atoms with Crippen molar-refractivity contribution in [1.29, 1.82) is 0 Å². The molecule has 3 N–H and O–H groups in total. The summed E-state index contributed by atoms with van der Waals surface area (Å²) in [5, 5.41) is 10.6. The predicted octanol–water partition coefficient (Wildman–Crippen LogP) is 7.36. The van der Waals surface area contributed by atoms with Gasteiger partial charge < -0.3 is 16.0 Å². The fourth-order valence-electron chi connectivity index (χ4n) is 4.66. The molecule has 208 valence electrons. The minimum absolute atomic E-state index is 0.304. The van der Waals surface area contributed by atoms with Crippen molar-refractivity contribution in [2.45, 2.75) is 66.0 Å². The summed E-state index contributed by atoms with van der Waals surface area (Å²) in [5.74, 6) is 1.62. The van der Waals surface area contributed by atoms with Crippen LogP contribution in [-0.4, -0.2) is 37.2 Å². The lowest BCUT2D eigenvalue weighted by atomic mass is 9.94. The van der Waals surface area contributed by atoms with Crippen LogP contribution in [0.5, 0.6) is 0 Å². The van der Waals surface area contributed by atoms with E-state index < -0.39 is 0 Å². The Labute approximate surface area is 236 Å². The van der Waals surface area contributed by atoms with Gasteiger partial charge in [-0.25, -0.2) is 4.99 Å². The lowest BCUT2D eigenvalue weighted by molar-refractivity contribution is 0.413. The molecule has 0 aromatic heterocycles. The summed E-state index contributed by atoms with van der Waals surface area (Å²) in [4.78, 5) is 9.57. The lowest BCUT2D eigenvalue weighted by Crippen LogP contribution is -2.39. The molecule has 2 aliphatic rings. The molecule has 3 unspecified atom stereocenters. The molecule has 0 radical (unpaired) electrons. The third-order valence-electron chi connectivity index (χ3n) is 7.55. The fraction of sp³-hybridized carbons (Fsp3) is 0.412. The highest BCUT2D eigenvalue weighted by atomic mass is 15.0. The molecule has 3 atom stereocenters. The van der Waals surface area contributed by atoms with Gasteiger partial charge >= 0.3 is 0 Å². The number of rotatable bonds is 11. The number of nitrogens with zero attached hydrogens (tertiary/aromatic N) is 2. The summed E-state index contributed by atoms with van der Waals surface area (Å²) >= 11 is 0. The Morgan fingerprint density at radius 2 is 1.97 bits per heavy atom. The third-order valence-corrected chi connectivity index (χ3v) is 7.55. The van der Waals surface area contributed by atoms with Gasteiger partial charge in [-0.2, -0.15) is 0 Å². The number of aliphatic imine (C=N–C) groups is 2. The topological polar surface area (TPSA) is 60.8 Å². The zero-order chi connectivity index (χ0) is 28.4. The maximum absolute atomic E-state index is 4.91. The molecular formula is C34H47N5. The molecule has 39 heavy (non-hydrogen) atoms. The largest absolute Gasteiger partial charge is 0.382 e. The van der Waals surface area contributed by atoms with Crippen molar-refractivity contribution in [2.75, 3.05) is 13.1 Å². The molecule has 2 aliphatic heterocycles. The zero-order valence-electron chi connectivity index (χ0n) is 24.6. The van der Waals surface area contributed by atoms with Crippen molar-refractivity contribution in [3.8, 4) is 0 Å². The standard InChI is InChI=1S/C34H47N5/c1-9-23(4)18-33(39-32-14-16-35-17-15-32)20-29(11-3)26(7)37-27(8)38-34-21-30(13-12-28(34)10-2)31-19-24(5)25(6)36-22-31/h10-13,18-25,32,35,39H,2-3,7,9,14-17H2,1,4-6,8H3,(H,37,38)/b29-20+,33-18+. The molecule has 1 aromatic carbocycles. The van der Waals surface area contributed by atoms with Crippen LogP contribution < -0.4 is 16.0 Å². The van der Waals surface area contributed by atoms with Crippen LogP contribution in [0, 0.1) is 11.8 Å². The summed E-state index contributed by atoms with van der Waals surface area (Å²) in [5.41, 5.74) is 6.88. The maximum Gasteiger partial charge on any atom is 0.103 e. The van der Waals surface area contributed by atoms with E-state index >= 15 is 0 Å². The highest BCUT2D eigenvalue weighted by Gasteiger charge is 2.16. The van der Waals surface area contributed by atoms with Crippen molar-refractivity contribution in [1.82, 2.24) is 16.0 Å². The maximum atomic E-state index is 4.91. The molecule has 0 bridgehead atoms. The summed E-state index contributed by atoms with van der Waals surface area (Å²) < 4.78 is 0. The van der Waals surface area contributed by atoms with Crippen molar-refractivity contribution in [3.63, 3.8) is 0 Å². The second kappa shape index (κ2) is 14.6. The van der Waals surface area contributed by atoms with Gasteiger partial charge in [0, 0.05) is 23.7 Å². The predicted molar refractivity (Wildman–Crippen MR) is 172 cm³/mol. The first-order chi connectivity index (χ1) is 18.7. The van der Waals surface area contributed by atoms with Gasteiger partial charge in [0.2, 0.25) is 0 Å². The number of hydrogen-bond acceptors (Lipinski definition) is 4. The summed E-state index contributed by atoms with van der Waals surface area (Å²) in [7, 11) is 0. The van der Waals surface area contributed by atoms with Crippen LogP contribution in [0.4, 0.5) is 5.69 Å². The second-order valence-electron chi connectivity index (χ2n) is 10.8. The smallest absolute Gasteiger partial charge is 0.103 e. The number of allylic oxidation sites excluding steroid dienone is 4. The number of hydrogen-bond donors (Lipinski definition) is 3. The Balaban J connectivity index is 1.82. The third kappa shape index (κ3) is 8.79. The fourth-order valence-corrected chi connectivity index (χ4v) is 4.66. The van der Waals surface area contributed by atoms with E-state index in [4.69, 9.17) is 4.99 Å². The summed E-state index contributed by atoms with van der Waals surface area (Å²) in [6.07, 6.45) is 15.7. The number of benzene rings is 1. The number of nitrogens with one attached hydrogen (secondary N) is 3. The lowest BCUT2D eigenvalue weighted by Gasteiger charge is -2.26. The van der Waals surface area contributed by atoms with Crippen LogP contribution >= 0.6 is 0 Å². The molecule has 0 spiro atoms. The summed E-state index contributed by atoms with van der Waals surface area (Å²) in [6, 6.07) is 7.05. The number of dihydropyridines is 1. The first kappa shape index (κ1) is 30.1. The first-order valence-corrected chi connectivity index (χ1v) is 14.3. The molecular weight excluding hydrogens is 478 g/mol. The number of amidine groups is 1. The molecule has 1 saturated heterocycles. The van der Waals surface area contributed by atoms with Crippen LogP contribution in [-0.2, 0) is 0 Å². The molecule has 0 amide bonds. The van der Waals surface area contributed by atoms with Crippen LogP contribution in [0.1, 0.15) is 65.0 Å². The number of piperidine rings is 1. The molecule has 3 rings (SSSR count). The molecule has 0 saturated carbocycles. The molecule has 0 aliphatic carbocycles. The Hall–Kier alpha value is -3.44. The van der Waals surface area contributed by atoms with Crippen LogP contribution in [0.15, 0.2) is 89.2 Å². The Kier molecular flexibility index (Phi) is 11.3. The van der Waals surface area contributed by atoms with Crippen molar-refractivity contribution in [2.24, 2.45) is 21.8 Å². The SMILES string of the molecule is C=C/C(=C\C(=C/C(C)CC)NC1CCNCC1)C(=C)NC(C)=Nc1cc(C2=CC(C)C(C)N=C2)ccc1C=C. The zero-order valence-corrected chi connectivity index (χ0v) is 24.6. The van der Waals surface area contributed by atoms with E-state index in [2.05, 4.69) is 105 Å². The van der Waals surface area contributed by atoms with Gasteiger partial charge in [-0.15, -0.1) is 0 Å². The van der Waals surface area contributed by atoms with Crippen molar-refractivity contribution >= 4 is 29.4 Å². The van der Waals surface area contributed by atoms with Crippen LogP contribution in [0.25, 0.3) is 11.6 Å².